The number of aliphatic imine (C=N–C) groups is 1. The quantitative estimate of drug-likeness (QED) is 0.258. The molecule has 0 bridgehead atoms. The second kappa shape index (κ2) is 11.0. The minimum atomic E-state index is -4.07. The largest absolute Gasteiger partial charge is 0.480 e. The molecule has 0 saturated heterocycles. The number of benzene rings is 3. The summed E-state index contributed by atoms with van der Waals surface area (Å²) in [5, 5.41) is 15.7. The molecular weight excluding hydrogens is 518 g/mol. The van der Waals surface area contributed by atoms with Gasteiger partial charge in [-0.2, -0.15) is 4.72 Å². The van der Waals surface area contributed by atoms with Crippen molar-refractivity contribution in [3.8, 4) is 0 Å². The molecule has 37 heavy (non-hydrogen) atoms. The van der Waals surface area contributed by atoms with Crippen LogP contribution in [0.1, 0.15) is 5.56 Å². The average Bonchev–Trinajstić information content (AvgIpc) is 3.37. The predicted octanol–water partition coefficient (Wildman–Crippen LogP) is 1.83. The van der Waals surface area contributed by atoms with Gasteiger partial charge in [-0.05, 0) is 54.4 Å². The molecule has 0 aromatic heterocycles. The Morgan fingerprint density at radius 3 is 2.30 bits per heavy atom. The first-order chi connectivity index (χ1) is 17.6. The Morgan fingerprint density at radius 2 is 1.59 bits per heavy atom. The average molecular weight is 544 g/mol. The lowest BCUT2D eigenvalue weighted by Crippen LogP contribution is -2.42. The number of guanidine groups is 1. The van der Waals surface area contributed by atoms with E-state index in [1.807, 2.05) is 0 Å². The second-order valence-electron chi connectivity index (χ2n) is 8.15. The number of sulfonamides is 2. The smallest absolute Gasteiger partial charge is 0.322 e. The van der Waals surface area contributed by atoms with Crippen LogP contribution in [0.3, 0.4) is 0 Å². The molecule has 3 aromatic rings. The number of hydrogen-bond acceptors (Lipinski definition) is 8. The summed E-state index contributed by atoms with van der Waals surface area (Å²) in [5.74, 6) is -0.803. The molecular formula is C24H25N5O6S2. The number of nitrogens with zero attached hydrogens (tertiary/aromatic N) is 1. The van der Waals surface area contributed by atoms with Crippen LogP contribution in [-0.2, 0) is 31.3 Å². The van der Waals surface area contributed by atoms with Gasteiger partial charge in [-0.15, -0.1) is 0 Å². The Labute approximate surface area is 214 Å². The van der Waals surface area contributed by atoms with Crippen molar-refractivity contribution in [1.29, 1.82) is 0 Å². The van der Waals surface area contributed by atoms with Gasteiger partial charge in [0, 0.05) is 17.9 Å². The summed E-state index contributed by atoms with van der Waals surface area (Å²) in [6, 6.07) is 18.3. The standard InChI is InChI=1S/C24H25N5O6S2/c30-23(31)22(29-36(32,33)20-9-2-1-3-10-20)15-17-6-4-8-19(14-17)28-37(34,35)21-11-5-7-18(16-21)27-24-25-12-13-26-24/h1-11,14,16,22,28-29H,12-13,15H2,(H,30,31)(H2,25,26,27). The van der Waals surface area contributed by atoms with Crippen LogP contribution in [0.15, 0.2) is 93.6 Å². The van der Waals surface area contributed by atoms with E-state index in [-0.39, 0.29) is 21.9 Å². The highest BCUT2D eigenvalue weighted by molar-refractivity contribution is 7.92. The van der Waals surface area contributed by atoms with Gasteiger partial charge in [0.05, 0.1) is 16.3 Å². The third-order valence-corrected chi connectivity index (χ3v) is 8.22. The molecule has 0 saturated carbocycles. The molecule has 1 unspecified atom stereocenters. The molecule has 0 radical (unpaired) electrons. The molecule has 0 aliphatic carbocycles. The Morgan fingerprint density at radius 1 is 0.892 bits per heavy atom. The van der Waals surface area contributed by atoms with E-state index in [2.05, 4.69) is 25.1 Å². The fourth-order valence-electron chi connectivity index (χ4n) is 3.61. The van der Waals surface area contributed by atoms with E-state index >= 15 is 0 Å². The lowest BCUT2D eigenvalue weighted by molar-refractivity contribution is -0.138. The van der Waals surface area contributed by atoms with Crippen molar-refractivity contribution < 1.29 is 26.7 Å². The van der Waals surface area contributed by atoms with Crippen molar-refractivity contribution >= 4 is 43.4 Å². The summed E-state index contributed by atoms with van der Waals surface area (Å²) in [6.07, 6.45) is -0.203. The van der Waals surface area contributed by atoms with E-state index in [9.17, 15) is 26.7 Å². The van der Waals surface area contributed by atoms with Crippen molar-refractivity contribution in [2.24, 2.45) is 4.99 Å². The van der Waals surface area contributed by atoms with Gasteiger partial charge in [0.25, 0.3) is 10.0 Å². The van der Waals surface area contributed by atoms with Crippen molar-refractivity contribution in [3.63, 3.8) is 0 Å². The molecule has 0 fully saturated rings. The normalized spacial score (nSPS) is 14.3. The van der Waals surface area contributed by atoms with Gasteiger partial charge in [0.1, 0.15) is 6.04 Å². The number of carboxylic acid groups (broad SMARTS) is 1. The molecule has 1 aliphatic heterocycles. The van der Waals surface area contributed by atoms with Gasteiger partial charge in [0.2, 0.25) is 10.0 Å². The van der Waals surface area contributed by atoms with Crippen LogP contribution in [0.5, 0.6) is 0 Å². The van der Waals surface area contributed by atoms with Gasteiger partial charge in [0.15, 0.2) is 5.96 Å². The molecule has 0 spiro atoms. The zero-order valence-corrected chi connectivity index (χ0v) is 21.1. The number of carbonyl (C=O) groups is 1. The first-order valence-electron chi connectivity index (χ1n) is 11.2. The van der Waals surface area contributed by atoms with Crippen molar-refractivity contribution in [1.82, 2.24) is 10.0 Å². The van der Waals surface area contributed by atoms with Crippen LogP contribution >= 0.6 is 0 Å². The minimum Gasteiger partial charge on any atom is -0.480 e. The van der Waals surface area contributed by atoms with Crippen LogP contribution in [0.2, 0.25) is 0 Å². The van der Waals surface area contributed by atoms with E-state index in [4.69, 9.17) is 0 Å². The Kier molecular flexibility index (Phi) is 7.76. The van der Waals surface area contributed by atoms with Gasteiger partial charge >= 0.3 is 5.97 Å². The Hall–Kier alpha value is -3.94. The fraction of sp³-hybridized carbons (Fsp3) is 0.167. The number of rotatable bonds is 10. The molecule has 194 valence electrons. The molecule has 5 N–H and O–H groups in total. The molecule has 13 heteroatoms. The zero-order valence-electron chi connectivity index (χ0n) is 19.5. The zero-order chi connectivity index (χ0) is 26.5. The van der Waals surface area contributed by atoms with E-state index in [1.165, 1.54) is 48.5 Å². The van der Waals surface area contributed by atoms with Gasteiger partial charge in [-0.3, -0.25) is 14.5 Å². The monoisotopic (exact) mass is 543 g/mol. The maximum absolute atomic E-state index is 13.0. The SMILES string of the molecule is O=C(O)C(Cc1cccc(NS(=O)(=O)c2cccc(NC3=NCCN3)c2)c1)NS(=O)(=O)c1ccccc1. The minimum absolute atomic E-state index is 0.0144. The lowest BCUT2D eigenvalue weighted by atomic mass is 10.1. The first kappa shape index (κ1) is 26.1. The topological polar surface area (TPSA) is 166 Å². The predicted molar refractivity (Wildman–Crippen MR) is 140 cm³/mol. The Bertz CT molecular complexity index is 1530. The van der Waals surface area contributed by atoms with Crippen molar-refractivity contribution in [2.75, 3.05) is 23.1 Å². The lowest BCUT2D eigenvalue weighted by Gasteiger charge is -2.16. The van der Waals surface area contributed by atoms with Gasteiger partial charge in [-0.25, -0.2) is 16.8 Å². The highest BCUT2D eigenvalue weighted by Gasteiger charge is 2.26. The molecule has 1 heterocycles. The Balaban J connectivity index is 1.49. The second-order valence-corrected chi connectivity index (χ2v) is 11.5. The summed E-state index contributed by atoms with van der Waals surface area (Å²) in [6.45, 7) is 1.34. The first-order valence-corrected chi connectivity index (χ1v) is 14.2. The summed E-state index contributed by atoms with van der Waals surface area (Å²) in [4.78, 5) is 16.0. The fourth-order valence-corrected chi connectivity index (χ4v) is 5.91. The molecule has 0 amide bonds. The number of hydrogen-bond donors (Lipinski definition) is 5. The number of nitrogens with one attached hydrogen (secondary N) is 4. The van der Waals surface area contributed by atoms with Crippen LogP contribution in [0, 0.1) is 0 Å². The molecule has 1 atom stereocenters. The molecule has 11 nitrogen and oxygen atoms in total. The summed E-state index contributed by atoms with van der Waals surface area (Å²) in [7, 11) is -8.05. The van der Waals surface area contributed by atoms with E-state index in [0.29, 0.717) is 30.3 Å². The van der Waals surface area contributed by atoms with Crippen molar-refractivity contribution in [3.05, 3.63) is 84.4 Å². The van der Waals surface area contributed by atoms with Gasteiger partial charge in [-0.1, -0.05) is 36.4 Å². The van der Waals surface area contributed by atoms with Crippen LogP contribution in [0.4, 0.5) is 11.4 Å². The summed E-state index contributed by atoms with van der Waals surface area (Å²) >= 11 is 0. The van der Waals surface area contributed by atoms with E-state index in [0.717, 1.165) is 0 Å². The maximum Gasteiger partial charge on any atom is 0.322 e. The van der Waals surface area contributed by atoms with E-state index in [1.54, 1.807) is 30.3 Å². The maximum atomic E-state index is 13.0. The van der Waals surface area contributed by atoms with E-state index < -0.39 is 32.1 Å². The molecule has 3 aromatic carbocycles. The highest BCUT2D eigenvalue weighted by Crippen LogP contribution is 2.21. The third kappa shape index (κ3) is 6.84. The van der Waals surface area contributed by atoms with Crippen molar-refractivity contribution in [2.45, 2.75) is 22.3 Å². The van der Waals surface area contributed by atoms with Crippen LogP contribution in [-0.4, -0.2) is 53.0 Å². The summed E-state index contributed by atoms with van der Waals surface area (Å²) in [5.41, 5.74) is 1.16. The number of aliphatic carboxylic acids is 1. The number of carboxylic acids is 1. The van der Waals surface area contributed by atoms with Crippen LogP contribution in [0.25, 0.3) is 0 Å². The third-order valence-electron chi connectivity index (χ3n) is 5.35. The molecule has 4 rings (SSSR count). The summed E-state index contributed by atoms with van der Waals surface area (Å²) < 4.78 is 55.9. The number of anilines is 2. The highest BCUT2D eigenvalue weighted by atomic mass is 32.2. The van der Waals surface area contributed by atoms with Gasteiger partial charge < -0.3 is 15.7 Å². The molecule has 1 aliphatic rings. The van der Waals surface area contributed by atoms with Crippen LogP contribution < -0.4 is 20.1 Å².